The third-order valence-electron chi connectivity index (χ3n) is 2.47. The molecule has 3 heteroatoms. The minimum Gasteiger partial charge on any atom is -0.410 e. The highest BCUT2D eigenvalue weighted by atomic mass is 16.5. The number of nitrogens with two attached hydrogens (primary N) is 1. The molecule has 0 bridgehead atoms. The maximum Gasteiger partial charge on any atom is 0.409 e. The van der Waals surface area contributed by atoms with Crippen molar-refractivity contribution < 1.29 is 9.53 Å². The predicted octanol–water partition coefficient (Wildman–Crippen LogP) is 3.17. The average Bonchev–Trinajstić information content (AvgIpc) is 2.18. The van der Waals surface area contributed by atoms with Gasteiger partial charge in [-0.05, 0) is 17.4 Å². The van der Waals surface area contributed by atoms with Crippen LogP contribution in [0.4, 0.5) is 4.79 Å². The number of carbonyl (C=O) groups is 1. The van der Waals surface area contributed by atoms with Crippen molar-refractivity contribution in [2.75, 3.05) is 0 Å². The van der Waals surface area contributed by atoms with Gasteiger partial charge in [-0.2, -0.15) is 0 Å². The van der Waals surface area contributed by atoms with E-state index in [0.29, 0.717) is 12.2 Å². The van der Waals surface area contributed by atoms with Gasteiger partial charge < -0.3 is 10.5 Å². The summed E-state index contributed by atoms with van der Waals surface area (Å²) in [6, 6.07) is 5.81. The second-order valence-corrected chi connectivity index (χ2v) is 4.96. The average molecular weight is 233 g/mol. The fourth-order valence-electron chi connectivity index (χ4n) is 1.71. The van der Waals surface area contributed by atoms with Crippen LogP contribution in [0, 0.1) is 0 Å². The Morgan fingerprint density at radius 2 is 2.12 bits per heavy atom. The van der Waals surface area contributed by atoms with Crippen molar-refractivity contribution in [2.24, 2.45) is 5.73 Å². The molecular formula is C14H19NO2. The maximum atomic E-state index is 11.0. The van der Waals surface area contributed by atoms with E-state index in [4.69, 9.17) is 10.5 Å². The number of primary amides is 1. The molecule has 0 aliphatic rings. The minimum absolute atomic E-state index is 0.109. The Morgan fingerprint density at radius 1 is 1.47 bits per heavy atom. The van der Waals surface area contributed by atoms with Gasteiger partial charge in [0.25, 0.3) is 0 Å². The van der Waals surface area contributed by atoms with Gasteiger partial charge in [-0.25, -0.2) is 4.79 Å². The van der Waals surface area contributed by atoms with Crippen LogP contribution in [-0.2, 0) is 11.8 Å². The molecule has 17 heavy (non-hydrogen) atoms. The molecule has 0 radical (unpaired) electrons. The molecule has 0 fully saturated rings. The van der Waals surface area contributed by atoms with Crippen molar-refractivity contribution in [3.8, 4) is 5.75 Å². The van der Waals surface area contributed by atoms with Crippen LogP contribution in [0.3, 0.4) is 0 Å². The molecule has 0 unspecified atom stereocenters. The van der Waals surface area contributed by atoms with Crippen LogP contribution in [-0.4, -0.2) is 6.09 Å². The Hall–Kier alpha value is -1.77. The van der Waals surface area contributed by atoms with Crippen LogP contribution in [0.15, 0.2) is 30.9 Å². The third kappa shape index (κ3) is 3.34. The lowest BCUT2D eigenvalue weighted by Gasteiger charge is -2.23. The Morgan fingerprint density at radius 3 is 2.59 bits per heavy atom. The summed E-state index contributed by atoms with van der Waals surface area (Å²) in [6.45, 7) is 9.89. The Labute approximate surface area is 102 Å². The van der Waals surface area contributed by atoms with E-state index in [0.717, 1.165) is 11.1 Å². The fraction of sp³-hybridized carbons (Fsp3) is 0.357. The first kappa shape index (κ1) is 13.3. The summed E-state index contributed by atoms with van der Waals surface area (Å²) in [5.41, 5.74) is 6.90. The zero-order chi connectivity index (χ0) is 13.1. The Bertz CT molecular complexity index is 430. The monoisotopic (exact) mass is 233 g/mol. The molecule has 1 amide bonds. The molecule has 0 aromatic heterocycles. The molecule has 0 atom stereocenters. The smallest absolute Gasteiger partial charge is 0.409 e. The van der Waals surface area contributed by atoms with Crippen LogP contribution in [0.5, 0.6) is 5.75 Å². The summed E-state index contributed by atoms with van der Waals surface area (Å²) in [7, 11) is 0. The molecule has 0 spiro atoms. The van der Waals surface area contributed by atoms with E-state index in [1.807, 2.05) is 18.2 Å². The third-order valence-corrected chi connectivity index (χ3v) is 2.47. The largest absolute Gasteiger partial charge is 0.410 e. The second kappa shape index (κ2) is 5.04. The summed E-state index contributed by atoms with van der Waals surface area (Å²) in [5, 5.41) is 0. The van der Waals surface area contributed by atoms with Gasteiger partial charge in [-0.15, -0.1) is 6.58 Å². The van der Waals surface area contributed by atoms with Crippen LogP contribution in [0.2, 0.25) is 0 Å². The van der Waals surface area contributed by atoms with E-state index < -0.39 is 6.09 Å². The number of amides is 1. The van der Waals surface area contributed by atoms with Gasteiger partial charge in [-0.1, -0.05) is 45.0 Å². The topological polar surface area (TPSA) is 52.3 Å². The van der Waals surface area contributed by atoms with E-state index in [2.05, 4.69) is 27.4 Å². The molecule has 0 aliphatic heterocycles. The zero-order valence-electron chi connectivity index (χ0n) is 10.6. The van der Waals surface area contributed by atoms with Gasteiger partial charge in [0.1, 0.15) is 5.75 Å². The summed E-state index contributed by atoms with van der Waals surface area (Å²) >= 11 is 0. The van der Waals surface area contributed by atoms with E-state index in [9.17, 15) is 4.79 Å². The van der Waals surface area contributed by atoms with Crippen molar-refractivity contribution in [3.63, 3.8) is 0 Å². The van der Waals surface area contributed by atoms with E-state index in [1.54, 1.807) is 6.08 Å². The molecule has 0 saturated carbocycles. The van der Waals surface area contributed by atoms with Gasteiger partial charge in [-0.3, -0.25) is 0 Å². The fourth-order valence-corrected chi connectivity index (χ4v) is 1.71. The number of para-hydroxylation sites is 1. The minimum atomic E-state index is -0.785. The molecule has 0 aliphatic carbocycles. The number of hydrogen-bond donors (Lipinski definition) is 1. The molecule has 1 aromatic rings. The van der Waals surface area contributed by atoms with E-state index >= 15 is 0 Å². The first-order valence-electron chi connectivity index (χ1n) is 5.57. The van der Waals surface area contributed by atoms with E-state index in [-0.39, 0.29) is 5.41 Å². The summed E-state index contributed by atoms with van der Waals surface area (Å²) in [6.07, 6.45) is 1.63. The van der Waals surface area contributed by atoms with Crippen molar-refractivity contribution in [2.45, 2.75) is 32.6 Å². The van der Waals surface area contributed by atoms with Crippen molar-refractivity contribution >= 4 is 6.09 Å². The molecule has 0 heterocycles. The van der Waals surface area contributed by atoms with Gasteiger partial charge in [0.05, 0.1) is 0 Å². The lowest BCUT2D eigenvalue weighted by Crippen LogP contribution is -2.21. The maximum absolute atomic E-state index is 11.0. The number of hydrogen-bond acceptors (Lipinski definition) is 2. The number of benzene rings is 1. The Balaban J connectivity index is 3.33. The van der Waals surface area contributed by atoms with Crippen molar-refractivity contribution in [1.82, 2.24) is 0 Å². The standard InChI is InChI=1S/C14H19NO2/c1-5-7-10-8-6-9-11(14(2,3)4)12(10)17-13(15)16/h5-6,8-9H,1,7H2,2-4H3,(H2,15,16). The van der Waals surface area contributed by atoms with Crippen LogP contribution in [0.25, 0.3) is 0 Å². The Kier molecular flexibility index (Phi) is 3.94. The zero-order valence-corrected chi connectivity index (χ0v) is 10.6. The summed E-state index contributed by atoms with van der Waals surface area (Å²) < 4.78 is 5.15. The number of allylic oxidation sites excluding steroid dienone is 1. The lowest BCUT2D eigenvalue weighted by molar-refractivity contribution is 0.209. The van der Waals surface area contributed by atoms with Crippen LogP contribution in [0.1, 0.15) is 31.9 Å². The summed E-state index contributed by atoms with van der Waals surface area (Å²) in [5.74, 6) is 0.562. The summed E-state index contributed by atoms with van der Waals surface area (Å²) in [4.78, 5) is 11.0. The normalized spacial score (nSPS) is 11.0. The van der Waals surface area contributed by atoms with Gasteiger partial charge in [0.2, 0.25) is 0 Å². The first-order valence-corrected chi connectivity index (χ1v) is 5.57. The number of ether oxygens (including phenoxy) is 1. The van der Waals surface area contributed by atoms with Gasteiger partial charge in [0.15, 0.2) is 0 Å². The molecule has 3 nitrogen and oxygen atoms in total. The van der Waals surface area contributed by atoms with Crippen molar-refractivity contribution in [3.05, 3.63) is 42.0 Å². The van der Waals surface area contributed by atoms with Crippen molar-refractivity contribution in [1.29, 1.82) is 0 Å². The highest BCUT2D eigenvalue weighted by molar-refractivity contribution is 5.69. The van der Waals surface area contributed by atoms with Gasteiger partial charge in [0, 0.05) is 5.56 Å². The molecule has 1 rings (SSSR count). The molecule has 0 saturated heterocycles. The molecule has 1 aromatic carbocycles. The predicted molar refractivity (Wildman–Crippen MR) is 69.3 cm³/mol. The quantitative estimate of drug-likeness (QED) is 0.815. The lowest BCUT2D eigenvalue weighted by atomic mass is 9.85. The highest BCUT2D eigenvalue weighted by Crippen LogP contribution is 2.34. The number of carbonyl (C=O) groups excluding carboxylic acids is 1. The number of rotatable bonds is 3. The first-order chi connectivity index (χ1) is 7.86. The van der Waals surface area contributed by atoms with E-state index in [1.165, 1.54) is 0 Å². The van der Waals surface area contributed by atoms with Crippen LogP contribution < -0.4 is 10.5 Å². The van der Waals surface area contributed by atoms with Gasteiger partial charge >= 0.3 is 6.09 Å². The molecular weight excluding hydrogens is 214 g/mol. The second-order valence-electron chi connectivity index (χ2n) is 4.96. The molecule has 2 N–H and O–H groups in total. The van der Waals surface area contributed by atoms with Crippen LogP contribution >= 0.6 is 0 Å². The highest BCUT2D eigenvalue weighted by Gasteiger charge is 2.21. The molecule has 92 valence electrons. The SMILES string of the molecule is C=CCc1cccc(C(C)(C)C)c1OC(N)=O.